The summed E-state index contributed by atoms with van der Waals surface area (Å²) in [6.07, 6.45) is 0.647. The molecule has 0 atom stereocenters. The molecular formula is C20H20N2O5. The summed E-state index contributed by atoms with van der Waals surface area (Å²) in [7, 11) is 0. The maximum atomic E-state index is 12.8. The standard InChI is InChI=1S/C20H20N2O5/c1-14-13-16(22(26)27)7-8-17(14)18(23)21-11-9-20(10-12-21,19(24)25)15-5-3-2-4-6-15/h2-8,13H,9-12H2,1H3,(H,24,25). The summed E-state index contributed by atoms with van der Waals surface area (Å²) in [6, 6.07) is 13.3. The predicted molar refractivity (Wildman–Crippen MR) is 98.7 cm³/mol. The fourth-order valence-corrected chi connectivity index (χ4v) is 3.65. The molecule has 7 nitrogen and oxygen atoms in total. The number of carboxylic acids is 1. The van der Waals surface area contributed by atoms with Crippen LogP contribution in [-0.2, 0) is 10.2 Å². The summed E-state index contributed by atoms with van der Waals surface area (Å²) >= 11 is 0. The number of hydrogen-bond acceptors (Lipinski definition) is 4. The lowest BCUT2D eigenvalue weighted by atomic mass is 9.72. The molecule has 1 aliphatic rings. The van der Waals surface area contributed by atoms with E-state index in [2.05, 4.69) is 0 Å². The second-order valence-electron chi connectivity index (χ2n) is 6.80. The van der Waals surface area contributed by atoms with Crippen LogP contribution in [0.4, 0.5) is 5.69 Å². The van der Waals surface area contributed by atoms with Gasteiger partial charge in [-0.05, 0) is 37.0 Å². The number of piperidine rings is 1. The van der Waals surface area contributed by atoms with Gasteiger partial charge in [0, 0.05) is 30.8 Å². The minimum absolute atomic E-state index is 0.0586. The topological polar surface area (TPSA) is 101 Å². The van der Waals surface area contributed by atoms with Gasteiger partial charge in [-0.15, -0.1) is 0 Å². The zero-order valence-corrected chi connectivity index (χ0v) is 14.9. The average molecular weight is 368 g/mol. The molecule has 1 fully saturated rings. The van der Waals surface area contributed by atoms with Crippen molar-refractivity contribution in [2.24, 2.45) is 0 Å². The van der Waals surface area contributed by atoms with E-state index in [-0.39, 0.29) is 11.6 Å². The molecule has 1 amide bonds. The van der Waals surface area contributed by atoms with Crippen molar-refractivity contribution in [3.63, 3.8) is 0 Å². The number of aliphatic carboxylic acids is 1. The second-order valence-corrected chi connectivity index (χ2v) is 6.80. The minimum atomic E-state index is -0.997. The van der Waals surface area contributed by atoms with Gasteiger partial charge in [0.1, 0.15) is 0 Å². The van der Waals surface area contributed by atoms with E-state index in [1.165, 1.54) is 18.2 Å². The van der Waals surface area contributed by atoms with Crippen LogP contribution in [0.15, 0.2) is 48.5 Å². The Balaban J connectivity index is 1.80. The highest BCUT2D eigenvalue weighted by molar-refractivity contribution is 5.96. The van der Waals surface area contributed by atoms with Crippen LogP contribution in [0.3, 0.4) is 0 Å². The molecule has 1 saturated heterocycles. The Kier molecular flexibility index (Phi) is 4.94. The summed E-state index contributed by atoms with van der Waals surface area (Å²) in [4.78, 5) is 36.8. The molecule has 0 spiro atoms. The number of likely N-dealkylation sites (tertiary alicyclic amines) is 1. The molecular weight excluding hydrogens is 348 g/mol. The molecule has 1 N–H and O–H groups in total. The first-order valence-electron chi connectivity index (χ1n) is 8.68. The maximum Gasteiger partial charge on any atom is 0.314 e. The van der Waals surface area contributed by atoms with Crippen molar-refractivity contribution in [2.45, 2.75) is 25.2 Å². The Morgan fingerprint density at radius 2 is 1.74 bits per heavy atom. The van der Waals surface area contributed by atoms with Crippen molar-refractivity contribution in [1.82, 2.24) is 4.90 Å². The second kappa shape index (κ2) is 7.19. The predicted octanol–water partition coefficient (Wildman–Crippen LogP) is 3.16. The van der Waals surface area contributed by atoms with E-state index in [0.717, 1.165) is 5.56 Å². The van der Waals surface area contributed by atoms with Gasteiger partial charge in [-0.3, -0.25) is 19.7 Å². The van der Waals surface area contributed by atoms with E-state index in [9.17, 15) is 24.8 Å². The molecule has 0 unspecified atom stereocenters. The monoisotopic (exact) mass is 368 g/mol. The first-order valence-corrected chi connectivity index (χ1v) is 8.68. The van der Waals surface area contributed by atoms with Gasteiger partial charge >= 0.3 is 5.97 Å². The van der Waals surface area contributed by atoms with Crippen LogP contribution >= 0.6 is 0 Å². The number of nitro benzene ring substituents is 1. The third kappa shape index (κ3) is 3.40. The molecule has 140 valence electrons. The third-order valence-electron chi connectivity index (χ3n) is 5.29. The van der Waals surface area contributed by atoms with Crippen molar-refractivity contribution in [3.8, 4) is 0 Å². The number of aryl methyl sites for hydroxylation is 1. The van der Waals surface area contributed by atoms with Gasteiger partial charge in [0.05, 0.1) is 10.3 Å². The number of benzene rings is 2. The number of carboxylic acid groups (broad SMARTS) is 1. The molecule has 1 aliphatic heterocycles. The van der Waals surface area contributed by atoms with Gasteiger partial charge in [0.2, 0.25) is 0 Å². The molecule has 3 rings (SSSR count). The molecule has 2 aromatic carbocycles. The lowest BCUT2D eigenvalue weighted by Gasteiger charge is -2.39. The van der Waals surface area contributed by atoms with Crippen LogP contribution < -0.4 is 0 Å². The fraction of sp³-hybridized carbons (Fsp3) is 0.300. The number of nitro groups is 1. The Bertz CT molecular complexity index is 887. The minimum Gasteiger partial charge on any atom is -0.481 e. The first kappa shape index (κ1) is 18.6. The highest BCUT2D eigenvalue weighted by Crippen LogP contribution is 2.36. The third-order valence-corrected chi connectivity index (χ3v) is 5.29. The Morgan fingerprint density at radius 3 is 2.26 bits per heavy atom. The van der Waals surface area contributed by atoms with Crippen molar-refractivity contribution < 1.29 is 19.6 Å². The maximum absolute atomic E-state index is 12.8. The van der Waals surface area contributed by atoms with Gasteiger partial charge in [0.25, 0.3) is 11.6 Å². The van der Waals surface area contributed by atoms with Gasteiger partial charge < -0.3 is 10.0 Å². The normalized spacial score (nSPS) is 16.0. The molecule has 0 saturated carbocycles. The van der Waals surface area contributed by atoms with Crippen LogP contribution in [0.5, 0.6) is 0 Å². The van der Waals surface area contributed by atoms with E-state index in [0.29, 0.717) is 37.1 Å². The lowest BCUT2D eigenvalue weighted by molar-refractivity contribution is -0.384. The summed E-state index contributed by atoms with van der Waals surface area (Å²) in [6.45, 7) is 2.29. The zero-order valence-electron chi connectivity index (χ0n) is 14.9. The van der Waals surface area contributed by atoms with E-state index in [1.54, 1.807) is 11.8 Å². The summed E-state index contributed by atoms with van der Waals surface area (Å²) in [5.41, 5.74) is 0.631. The van der Waals surface area contributed by atoms with Crippen LogP contribution in [0.2, 0.25) is 0 Å². The van der Waals surface area contributed by atoms with Gasteiger partial charge in [0.15, 0.2) is 0 Å². The van der Waals surface area contributed by atoms with Crippen molar-refractivity contribution in [3.05, 3.63) is 75.3 Å². The van der Waals surface area contributed by atoms with Crippen molar-refractivity contribution in [2.75, 3.05) is 13.1 Å². The van der Waals surface area contributed by atoms with Crippen LogP contribution in [0.1, 0.15) is 34.3 Å². The Labute approximate surface area is 156 Å². The van der Waals surface area contributed by atoms with Crippen LogP contribution in [0, 0.1) is 17.0 Å². The summed E-state index contributed by atoms with van der Waals surface area (Å²) in [5.74, 6) is -1.11. The number of carbonyl (C=O) groups is 2. The lowest BCUT2D eigenvalue weighted by Crippen LogP contribution is -2.49. The molecule has 0 aliphatic carbocycles. The smallest absolute Gasteiger partial charge is 0.314 e. The number of nitrogens with zero attached hydrogens (tertiary/aromatic N) is 2. The Morgan fingerprint density at radius 1 is 1.11 bits per heavy atom. The highest BCUT2D eigenvalue weighted by atomic mass is 16.6. The van der Waals surface area contributed by atoms with E-state index in [4.69, 9.17) is 0 Å². The average Bonchev–Trinajstić information content (AvgIpc) is 2.68. The molecule has 7 heteroatoms. The summed E-state index contributed by atoms with van der Waals surface area (Å²) < 4.78 is 0. The quantitative estimate of drug-likeness (QED) is 0.660. The van der Waals surface area contributed by atoms with E-state index < -0.39 is 16.3 Å². The Hall–Kier alpha value is -3.22. The molecule has 0 radical (unpaired) electrons. The molecule has 0 bridgehead atoms. The number of carbonyl (C=O) groups excluding carboxylic acids is 1. The highest BCUT2D eigenvalue weighted by Gasteiger charge is 2.44. The van der Waals surface area contributed by atoms with E-state index in [1.807, 2.05) is 30.3 Å². The SMILES string of the molecule is Cc1cc([N+](=O)[O-])ccc1C(=O)N1CCC(C(=O)O)(c2ccccc2)CC1. The van der Waals surface area contributed by atoms with Crippen molar-refractivity contribution >= 4 is 17.6 Å². The largest absolute Gasteiger partial charge is 0.481 e. The van der Waals surface area contributed by atoms with Crippen LogP contribution in [-0.4, -0.2) is 39.9 Å². The van der Waals surface area contributed by atoms with Crippen molar-refractivity contribution in [1.29, 1.82) is 0 Å². The molecule has 2 aromatic rings. The number of hydrogen-bond donors (Lipinski definition) is 1. The molecule has 27 heavy (non-hydrogen) atoms. The number of rotatable bonds is 4. The fourth-order valence-electron chi connectivity index (χ4n) is 3.65. The van der Waals surface area contributed by atoms with E-state index >= 15 is 0 Å². The number of non-ortho nitro benzene ring substituents is 1. The molecule has 0 aromatic heterocycles. The first-order chi connectivity index (χ1) is 12.8. The molecule has 1 heterocycles. The summed E-state index contributed by atoms with van der Waals surface area (Å²) in [5, 5.41) is 20.7. The van der Waals surface area contributed by atoms with Gasteiger partial charge in [-0.25, -0.2) is 0 Å². The van der Waals surface area contributed by atoms with Gasteiger partial charge in [-0.2, -0.15) is 0 Å². The zero-order chi connectivity index (χ0) is 19.6. The number of amides is 1. The van der Waals surface area contributed by atoms with Gasteiger partial charge in [-0.1, -0.05) is 30.3 Å². The van der Waals surface area contributed by atoms with Crippen LogP contribution in [0.25, 0.3) is 0 Å².